The Morgan fingerprint density at radius 3 is 2.70 bits per heavy atom. The second-order valence-corrected chi connectivity index (χ2v) is 5.14. The molecule has 0 spiro atoms. The van der Waals surface area contributed by atoms with Crippen LogP contribution in [0.4, 0.5) is 14.5 Å². The van der Waals surface area contributed by atoms with Gasteiger partial charge in [0.05, 0.1) is 18.3 Å². The summed E-state index contributed by atoms with van der Waals surface area (Å²) in [5.41, 5.74) is 6.41. The van der Waals surface area contributed by atoms with Crippen molar-refractivity contribution < 1.29 is 18.3 Å². The maximum absolute atomic E-state index is 13.4. The number of hydrogen-bond acceptors (Lipinski definition) is 5. The maximum atomic E-state index is 13.4. The topological polar surface area (TPSA) is 65.2 Å². The molecule has 0 aliphatic carbocycles. The molecule has 3 aromatic rings. The van der Waals surface area contributed by atoms with E-state index >= 15 is 0 Å². The van der Waals surface area contributed by atoms with Crippen molar-refractivity contribution in [2.75, 3.05) is 12.8 Å². The Morgan fingerprint density at radius 2 is 2.00 bits per heavy atom. The number of anilines is 1. The Labute approximate surface area is 115 Å². The van der Waals surface area contributed by atoms with Crippen LogP contribution in [0.15, 0.2) is 18.3 Å². The highest BCUT2D eigenvalue weighted by Crippen LogP contribution is 2.38. The van der Waals surface area contributed by atoms with E-state index in [0.29, 0.717) is 21.0 Å². The lowest BCUT2D eigenvalue weighted by Gasteiger charge is -2.00. The molecule has 0 aliphatic heterocycles. The zero-order chi connectivity index (χ0) is 14.4. The zero-order valence-corrected chi connectivity index (χ0v) is 11.1. The fourth-order valence-electron chi connectivity index (χ4n) is 1.99. The standard InChI is InChI=1S/C13H8F2N2O2S/c1-19-13(18)12-10(16)6-4-17-9-3-8(15)7(14)2-5(9)11(6)20-12/h2-4H,16H2,1H3. The first-order valence-electron chi connectivity index (χ1n) is 5.57. The fourth-order valence-corrected chi connectivity index (χ4v) is 3.13. The van der Waals surface area contributed by atoms with Crippen molar-refractivity contribution >= 4 is 44.0 Å². The summed E-state index contributed by atoms with van der Waals surface area (Å²) < 4.78 is 31.8. The number of nitrogens with zero attached hydrogens (tertiary/aromatic N) is 1. The molecule has 2 heterocycles. The first-order valence-corrected chi connectivity index (χ1v) is 6.38. The number of thiophene rings is 1. The number of hydrogen-bond donors (Lipinski definition) is 1. The van der Waals surface area contributed by atoms with E-state index in [1.807, 2.05) is 0 Å². The molecule has 0 atom stereocenters. The average Bonchev–Trinajstić information content (AvgIpc) is 2.77. The van der Waals surface area contributed by atoms with Gasteiger partial charge in [0.1, 0.15) is 4.88 Å². The van der Waals surface area contributed by atoms with E-state index in [1.54, 1.807) is 0 Å². The third kappa shape index (κ3) is 1.70. The highest BCUT2D eigenvalue weighted by molar-refractivity contribution is 7.22. The Balaban J connectivity index is 2.42. The van der Waals surface area contributed by atoms with Crippen LogP contribution in [0.3, 0.4) is 0 Å². The molecule has 0 aliphatic rings. The summed E-state index contributed by atoms with van der Waals surface area (Å²) in [6, 6.07) is 2.06. The van der Waals surface area contributed by atoms with Gasteiger partial charge in [-0.3, -0.25) is 4.98 Å². The second-order valence-electron chi connectivity index (χ2n) is 4.12. The van der Waals surface area contributed by atoms with Crippen LogP contribution in [0, 0.1) is 11.6 Å². The van der Waals surface area contributed by atoms with E-state index in [0.717, 1.165) is 23.5 Å². The summed E-state index contributed by atoms with van der Waals surface area (Å²) in [6.07, 6.45) is 1.44. The first kappa shape index (κ1) is 12.7. The number of carbonyl (C=O) groups is 1. The number of nitrogen functional groups attached to an aromatic ring is 1. The summed E-state index contributed by atoms with van der Waals surface area (Å²) in [5, 5.41) is 0.933. The van der Waals surface area contributed by atoms with Crippen molar-refractivity contribution in [3.8, 4) is 0 Å². The van der Waals surface area contributed by atoms with E-state index in [1.165, 1.54) is 13.3 Å². The van der Waals surface area contributed by atoms with Gasteiger partial charge in [0.25, 0.3) is 0 Å². The lowest BCUT2D eigenvalue weighted by Crippen LogP contribution is -2.01. The van der Waals surface area contributed by atoms with Crippen molar-refractivity contribution in [3.63, 3.8) is 0 Å². The van der Waals surface area contributed by atoms with E-state index in [2.05, 4.69) is 9.72 Å². The molecule has 0 unspecified atom stereocenters. The number of benzene rings is 1. The van der Waals surface area contributed by atoms with Crippen LogP contribution in [0.5, 0.6) is 0 Å². The molecule has 102 valence electrons. The highest BCUT2D eigenvalue weighted by atomic mass is 32.1. The molecule has 3 rings (SSSR count). The van der Waals surface area contributed by atoms with Gasteiger partial charge < -0.3 is 10.5 Å². The first-order chi connectivity index (χ1) is 9.52. The van der Waals surface area contributed by atoms with Crippen molar-refractivity contribution in [1.82, 2.24) is 4.98 Å². The molecular weight excluding hydrogens is 286 g/mol. The van der Waals surface area contributed by atoms with Crippen LogP contribution in [0.1, 0.15) is 9.67 Å². The van der Waals surface area contributed by atoms with Gasteiger partial charge in [-0.15, -0.1) is 11.3 Å². The number of halogens is 2. The SMILES string of the molecule is COC(=O)c1sc2c(cnc3cc(F)c(F)cc32)c1N. The lowest BCUT2D eigenvalue weighted by atomic mass is 10.1. The van der Waals surface area contributed by atoms with Crippen molar-refractivity contribution in [1.29, 1.82) is 0 Å². The fraction of sp³-hybridized carbons (Fsp3) is 0.0769. The summed E-state index contributed by atoms with van der Waals surface area (Å²) in [5.74, 6) is -2.51. The number of ether oxygens (including phenoxy) is 1. The predicted molar refractivity (Wildman–Crippen MR) is 72.8 cm³/mol. The van der Waals surface area contributed by atoms with Gasteiger partial charge in [-0.1, -0.05) is 0 Å². The van der Waals surface area contributed by atoms with Crippen molar-refractivity contribution in [3.05, 3.63) is 34.8 Å². The van der Waals surface area contributed by atoms with Crippen LogP contribution < -0.4 is 5.73 Å². The zero-order valence-electron chi connectivity index (χ0n) is 10.2. The van der Waals surface area contributed by atoms with Gasteiger partial charge in [0, 0.05) is 27.7 Å². The Morgan fingerprint density at radius 1 is 1.30 bits per heavy atom. The molecule has 0 bridgehead atoms. The van der Waals surface area contributed by atoms with E-state index in [4.69, 9.17) is 5.73 Å². The van der Waals surface area contributed by atoms with Crippen molar-refractivity contribution in [2.45, 2.75) is 0 Å². The minimum absolute atomic E-state index is 0.224. The minimum Gasteiger partial charge on any atom is -0.465 e. The molecular formula is C13H8F2N2O2S. The van der Waals surface area contributed by atoms with Gasteiger partial charge in [0.2, 0.25) is 0 Å². The van der Waals surface area contributed by atoms with Crippen LogP contribution in [0.25, 0.3) is 21.0 Å². The molecule has 7 heteroatoms. The van der Waals surface area contributed by atoms with E-state index in [-0.39, 0.29) is 10.6 Å². The maximum Gasteiger partial charge on any atom is 0.350 e. The van der Waals surface area contributed by atoms with E-state index in [9.17, 15) is 13.6 Å². The smallest absolute Gasteiger partial charge is 0.350 e. The van der Waals surface area contributed by atoms with Crippen molar-refractivity contribution in [2.24, 2.45) is 0 Å². The quantitative estimate of drug-likeness (QED) is 0.700. The van der Waals surface area contributed by atoms with Crippen LogP contribution in [-0.4, -0.2) is 18.1 Å². The molecule has 0 saturated heterocycles. The molecule has 4 nitrogen and oxygen atoms in total. The molecule has 0 fully saturated rings. The molecule has 1 aromatic carbocycles. The number of esters is 1. The van der Waals surface area contributed by atoms with Crippen LogP contribution in [-0.2, 0) is 4.74 Å². The Hall–Kier alpha value is -2.28. The molecule has 2 aromatic heterocycles. The molecule has 0 amide bonds. The van der Waals surface area contributed by atoms with Crippen LogP contribution in [0.2, 0.25) is 0 Å². The van der Waals surface area contributed by atoms with Gasteiger partial charge in [-0.2, -0.15) is 0 Å². The second kappa shape index (κ2) is 4.38. The number of aromatic nitrogens is 1. The largest absolute Gasteiger partial charge is 0.465 e. The number of methoxy groups -OCH3 is 1. The monoisotopic (exact) mass is 294 g/mol. The molecule has 0 radical (unpaired) electrons. The Bertz CT molecular complexity index is 861. The third-order valence-electron chi connectivity index (χ3n) is 2.97. The average molecular weight is 294 g/mol. The summed E-state index contributed by atoms with van der Waals surface area (Å²) >= 11 is 1.07. The van der Waals surface area contributed by atoms with Crippen LogP contribution >= 0.6 is 11.3 Å². The highest BCUT2D eigenvalue weighted by Gasteiger charge is 2.19. The Kier molecular flexibility index (Phi) is 2.79. The number of rotatable bonds is 1. The normalized spacial score (nSPS) is 11.2. The lowest BCUT2D eigenvalue weighted by molar-refractivity contribution is 0.0607. The minimum atomic E-state index is -0.974. The van der Waals surface area contributed by atoms with E-state index < -0.39 is 17.6 Å². The predicted octanol–water partition coefficient (Wildman–Crippen LogP) is 3.10. The summed E-state index contributed by atoms with van der Waals surface area (Å²) in [6.45, 7) is 0. The molecule has 2 N–H and O–H groups in total. The molecule has 20 heavy (non-hydrogen) atoms. The summed E-state index contributed by atoms with van der Waals surface area (Å²) in [7, 11) is 1.25. The van der Waals surface area contributed by atoms with Gasteiger partial charge in [-0.05, 0) is 6.07 Å². The number of nitrogens with two attached hydrogens (primary N) is 1. The molecule has 0 saturated carbocycles. The van der Waals surface area contributed by atoms with Gasteiger partial charge in [-0.25, -0.2) is 13.6 Å². The number of carbonyl (C=O) groups excluding carboxylic acids is 1. The van der Waals surface area contributed by atoms with Gasteiger partial charge in [0.15, 0.2) is 11.6 Å². The number of fused-ring (bicyclic) bond motifs is 3. The van der Waals surface area contributed by atoms with Gasteiger partial charge >= 0.3 is 5.97 Å². The third-order valence-corrected chi connectivity index (χ3v) is 4.20. The summed E-state index contributed by atoms with van der Waals surface area (Å²) in [4.78, 5) is 15.9. The number of pyridine rings is 1.